The Bertz CT molecular complexity index is 1250. The maximum absolute atomic E-state index is 4.61. The number of aromatic nitrogens is 1. The molecule has 0 saturated carbocycles. The van der Waals surface area contributed by atoms with Gasteiger partial charge in [-0.3, -0.25) is 0 Å². The third-order valence-electron chi connectivity index (χ3n) is 6.31. The number of thiophene rings is 1. The lowest BCUT2D eigenvalue weighted by atomic mass is 10.0. The molecule has 2 heterocycles. The van der Waals surface area contributed by atoms with E-state index in [4.69, 9.17) is 0 Å². The summed E-state index contributed by atoms with van der Waals surface area (Å²) in [5.74, 6) is 0. The van der Waals surface area contributed by atoms with Crippen LogP contribution >= 0.6 is 22.7 Å². The molecule has 0 amide bonds. The number of hydrogen-bond donors (Lipinski definition) is 0. The summed E-state index contributed by atoms with van der Waals surface area (Å²) in [5.41, 5.74) is 4.26. The Kier molecular flexibility index (Phi) is 10.3. The van der Waals surface area contributed by atoms with Crippen LogP contribution in [0.5, 0.6) is 0 Å². The van der Waals surface area contributed by atoms with Crippen molar-refractivity contribution in [3.8, 4) is 0 Å². The van der Waals surface area contributed by atoms with E-state index >= 15 is 0 Å². The predicted molar refractivity (Wildman–Crippen MR) is 159 cm³/mol. The first-order chi connectivity index (χ1) is 18.2. The van der Waals surface area contributed by atoms with Gasteiger partial charge in [0.2, 0.25) is 5.13 Å². The molecule has 0 spiro atoms. The van der Waals surface area contributed by atoms with Crippen molar-refractivity contribution in [1.29, 1.82) is 0 Å². The van der Waals surface area contributed by atoms with Crippen LogP contribution in [0.3, 0.4) is 0 Å². The van der Waals surface area contributed by atoms with Crippen LogP contribution in [0.25, 0.3) is 9.53 Å². The van der Waals surface area contributed by atoms with E-state index in [9.17, 15) is 0 Å². The minimum absolute atomic E-state index is 0.651. The van der Waals surface area contributed by atoms with Crippen LogP contribution in [-0.4, -0.2) is 18.1 Å². The Balaban J connectivity index is 1.29. The van der Waals surface area contributed by atoms with Gasteiger partial charge in [0.15, 0.2) is 0 Å². The molecule has 0 aliphatic heterocycles. The van der Waals surface area contributed by atoms with Gasteiger partial charge < -0.3 is 4.90 Å². The minimum Gasteiger partial charge on any atom is -0.372 e. The summed E-state index contributed by atoms with van der Waals surface area (Å²) in [4.78, 5) is 7.82. The molecule has 0 saturated heterocycles. The second-order valence-electron chi connectivity index (χ2n) is 9.02. The number of nitrogens with zero attached hydrogens (tertiary/aromatic N) is 6. The summed E-state index contributed by atoms with van der Waals surface area (Å²) in [6.45, 7) is 8.55. The van der Waals surface area contributed by atoms with E-state index in [0.717, 1.165) is 45.4 Å². The number of anilines is 1. The largest absolute Gasteiger partial charge is 0.372 e. The Morgan fingerprint density at radius 2 is 1.35 bits per heavy atom. The van der Waals surface area contributed by atoms with E-state index in [2.05, 4.69) is 87.5 Å². The van der Waals surface area contributed by atoms with Crippen LogP contribution in [0.4, 0.5) is 27.2 Å². The predicted octanol–water partition coefficient (Wildman–Crippen LogP) is 10.9. The third kappa shape index (κ3) is 8.01. The van der Waals surface area contributed by atoms with Crippen molar-refractivity contribution in [3.63, 3.8) is 0 Å². The summed E-state index contributed by atoms with van der Waals surface area (Å²) in [6.07, 6.45) is 9.09. The molecule has 37 heavy (non-hydrogen) atoms. The molecule has 6 nitrogen and oxygen atoms in total. The molecule has 0 bridgehead atoms. The van der Waals surface area contributed by atoms with E-state index < -0.39 is 0 Å². The van der Waals surface area contributed by atoms with Crippen LogP contribution < -0.4 is 4.90 Å². The molecule has 2 aromatic heterocycles. The topological polar surface area (TPSA) is 65.6 Å². The molecule has 0 aliphatic rings. The Labute approximate surface area is 228 Å². The first kappa shape index (κ1) is 27.1. The van der Waals surface area contributed by atoms with Crippen molar-refractivity contribution in [2.45, 2.75) is 65.7 Å². The number of azo groups is 2. The fraction of sp³-hybridized carbons (Fsp3) is 0.414. The van der Waals surface area contributed by atoms with Gasteiger partial charge in [0.1, 0.15) is 9.83 Å². The summed E-state index contributed by atoms with van der Waals surface area (Å²) in [6, 6.07) is 18.6. The summed E-state index contributed by atoms with van der Waals surface area (Å²) in [7, 11) is 0. The quantitative estimate of drug-likeness (QED) is 0.120. The SMILES string of the molecule is CCCCCCCCc1ccc(N=Nc2cc3sc(N=Nc4ccc(N(CC)CC)cc4)nc3s2)cc1. The molecule has 0 N–H and O–H groups in total. The zero-order valence-corrected chi connectivity index (χ0v) is 23.7. The van der Waals surface area contributed by atoms with Gasteiger partial charge in [-0.1, -0.05) is 73.8 Å². The van der Waals surface area contributed by atoms with Gasteiger partial charge >= 0.3 is 0 Å². The van der Waals surface area contributed by atoms with E-state index in [1.165, 1.54) is 72.4 Å². The summed E-state index contributed by atoms with van der Waals surface area (Å²) >= 11 is 3.04. The number of thiazole rings is 1. The highest BCUT2D eigenvalue weighted by molar-refractivity contribution is 7.30. The smallest absolute Gasteiger partial charge is 0.231 e. The van der Waals surface area contributed by atoms with Crippen molar-refractivity contribution < 1.29 is 0 Å². The molecule has 0 radical (unpaired) electrons. The first-order valence-electron chi connectivity index (χ1n) is 13.4. The molecule has 0 fully saturated rings. The third-order valence-corrected chi connectivity index (χ3v) is 8.24. The Morgan fingerprint density at radius 3 is 2.03 bits per heavy atom. The van der Waals surface area contributed by atoms with E-state index in [1.807, 2.05) is 18.2 Å². The number of fused-ring (bicyclic) bond motifs is 1. The highest BCUT2D eigenvalue weighted by Gasteiger charge is 2.08. The van der Waals surface area contributed by atoms with Gasteiger partial charge in [-0.25, -0.2) is 4.98 Å². The van der Waals surface area contributed by atoms with Crippen LogP contribution in [0, 0.1) is 0 Å². The molecule has 0 atom stereocenters. The van der Waals surface area contributed by atoms with Crippen molar-refractivity contribution in [2.75, 3.05) is 18.0 Å². The number of aryl methyl sites for hydroxylation is 1. The number of rotatable bonds is 14. The van der Waals surface area contributed by atoms with Gasteiger partial charge in [0, 0.05) is 18.8 Å². The van der Waals surface area contributed by atoms with Gasteiger partial charge in [-0.15, -0.1) is 20.5 Å². The van der Waals surface area contributed by atoms with Crippen LogP contribution in [0.15, 0.2) is 75.1 Å². The number of benzene rings is 2. The lowest BCUT2D eigenvalue weighted by molar-refractivity contribution is 0.607. The fourth-order valence-electron chi connectivity index (χ4n) is 4.17. The Morgan fingerprint density at radius 1 is 0.703 bits per heavy atom. The maximum atomic E-state index is 4.61. The highest BCUT2D eigenvalue weighted by atomic mass is 32.1. The molecule has 194 valence electrons. The normalized spacial score (nSPS) is 11.9. The summed E-state index contributed by atoms with van der Waals surface area (Å²) in [5, 5.41) is 19.1. The monoisotopic (exact) mass is 532 g/mol. The molecule has 4 rings (SSSR count). The van der Waals surface area contributed by atoms with Crippen molar-refractivity contribution in [2.24, 2.45) is 20.5 Å². The van der Waals surface area contributed by atoms with Crippen LogP contribution in [-0.2, 0) is 6.42 Å². The average molecular weight is 533 g/mol. The minimum atomic E-state index is 0.651. The molecule has 8 heteroatoms. The van der Waals surface area contributed by atoms with E-state index in [0.29, 0.717) is 5.13 Å². The van der Waals surface area contributed by atoms with Crippen molar-refractivity contribution in [1.82, 2.24) is 4.98 Å². The van der Waals surface area contributed by atoms with E-state index in [-0.39, 0.29) is 0 Å². The van der Waals surface area contributed by atoms with Gasteiger partial charge in [0.05, 0.1) is 16.1 Å². The van der Waals surface area contributed by atoms with E-state index in [1.54, 1.807) is 0 Å². The van der Waals surface area contributed by atoms with Gasteiger partial charge in [-0.05, 0) is 74.7 Å². The maximum Gasteiger partial charge on any atom is 0.231 e. The number of hydrogen-bond acceptors (Lipinski definition) is 8. The Hall–Kier alpha value is -2.97. The standard InChI is InChI=1S/C29H36N6S2/c1-4-7-8-9-10-11-12-22-13-15-23(16-14-22)31-33-27-21-26-28(37-27)30-29(36-26)34-32-24-17-19-25(20-18-24)35(5-2)6-3/h13-21H,4-12H2,1-3H3. The average Bonchev–Trinajstić information content (AvgIpc) is 3.49. The van der Waals surface area contributed by atoms with Gasteiger partial charge in [0.25, 0.3) is 0 Å². The second kappa shape index (κ2) is 14.1. The van der Waals surface area contributed by atoms with Crippen molar-refractivity contribution >= 4 is 59.4 Å². The zero-order chi connectivity index (χ0) is 25.9. The molecular weight excluding hydrogens is 496 g/mol. The molecule has 4 aromatic rings. The van der Waals surface area contributed by atoms with Gasteiger partial charge in [-0.2, -0.15) is 0 Å². The lowest BCUT2D eigenvalue weighted by Crippen LogP contribution is -2.21. The van der Waals surface area contributed by atoms with Crippen molar-refractivity contribution in [3.05, 3.63) is 60.2 Å². The fourth-order valence-corrected chi connectivity index (χ4v) is 6.02. The molecular formula is C29H36N6S2. The molecule has 2 aromatic carbocycles. The molecule has 0 aliphatic carbocycles. The zero-order valence-electron chi connectivity index (χ0n) is 22.1. The molecule has 0 unspecified atom stereocenters. The number of unbranched alkanes of at least 4 members (excludes halogenated alkanes) is 5. The highest BCUT2D eigenvalue weighted by Crippen LogP contribution is 2.39. The first-order valence-corrected chi connectivity index (χ1v) is 15.0. The van der Waals surface area contributed by atoms with Crippen LogP contribution in [0.1, 0.15) is 64.9 Å². The second-order valence-corrected chi connectivity index (χ2v) is 11.0. The summed E-state index contributed by atoms with van der Waals surface area (Å²) < 4.78 is 1.05. The lowest BCUT2D eigenvalue weighted by Gasteiger charge is -2.20. The van der Waals surface area contributed by atoms with Crippen LogP contribution in [0.2, 0.25) is 0 Å².